The molecule has 0 radical (unpaired) electrons. The number of carbonyl (C=O) groups is 1. The van der Waals surface area contributed by atoms with E-state index in [2.05, 4.69) is 20.6 Å². The molecule has 2 N–H and O–H groups in total. The fourth-order valence-corrected chi connectivity index (χ4v) is 3.00. The molecule has 0 saturated carbocycles. The van der Waals surface area contributed by atoms with Gasteiger partial charge in [-0.1, -0.05) is 12.1 Å². The van der Waals surface area contributed by atoms with Crippen LogP contribution in [0.4, 0.5) is 20.8 Å². The third-order valence-electron chi connectivity index (χ3n) is 4.60. The minimum Gasteiger partial charge on any atom is -0.367 e. The third-order valence-corrected chi connectivity index (χ3v) is 4.60. The summed E-state index contributed by atoms with van der Waals surface area (Å²) in [5, 5.41) is 6.32. The Hall–Kier alpha value is -2.90. The number of aromatic nitrogens is 2. The Morgan fingerprint density at radius 3 is 2.59 bits per heavy atom. The van der Waals surface area contributed by atoms with Crippen molar-refractivity contribution in [2.24, 2.45) is 0 Å². The van der Waals surface area contributed by atoms with Crippen molar-refractivity contribution < 1.29 is 9.18 Å². The summed E-state index contributed by atoms with van der Waals surface area (Å²) in [5.41, 5.74) is 0.877. The average Bonchev–Trinajstić information content (AvgIpc) is 2.68. The first kappa shape index (κ1) is 18.9. The molecule has 1 aromatic heterocycles. The Balaban J connectivity index is 1.44. The number of hydrogen-bond acceptors (Lipinski definition) is 5. The van der Waals surface area contributed by atoms with Gasteiger partial charge in [0.1, 0.15) is 23.8 Å². The van der Waals surface area contributed by atoms with E-state index in [1.165, 1.54) is 12.1 Å². The second-order valence-electron chi connectivity index (χ2n) is 6.85. The summed E-state index contributed by atoms with van der Waals surface area (Å²) in [6.45, 7) is 1.75. The van der Waals surface area contributed by atoms with E-state index in [0.29, 0.717) is 19.6 Å². The number of piperidine rings is 1. The molecule has 0 spiro atoms. The van der Waals surface area contributed by atoms with E-state index >= 15 is 0 Å². The normalized spacial score (nSPS) is 14.7. The number of benzene rings is 1. The van der Waals surface area contributed by atoms with E-state index in [1.54, 1.807) is 18.5 Å². The van der Waals surface area contributed by atoms with Gasteiger partial charge >= 0.3 is 6.03 Å². The fourth-order valence-electron chi connectivity index (χ4n) is 3.00. The van der Waals surface area contributed by atoms with Crippen molar-refractivity contribution in [1.29, 1.82) is 0 Å². The molecule has 1 aliphatic rings. The van der Waals surface area contributed by atoms with Gasteiger partial charge < -0.3 is 20.4 Å². The SMILES string of the molecule is CN(C)c1cc(NC2CCN(C(=O)NCc3ccc(F)cc3)CC2)ncn1. The fraction of sp³-hybridized carbons (Fsp3) is 0.421. The molecule has 0 atom stereocenters. The Bertz CT molecular complexity index is 759. The lowest BCUT2D eigenvalue weighted by atomic mass is 10.1. The van der Waals surface area contributed by atoms with E-state index in [0.717, 1.165) is 30.0 Å². The van der Waals surface area contributed by atoms with Gasteiger partial charge in [0, 0.05) is 45.8 Å². The topological polar surface area (TPSA) is 73.4 Å². The molecule has 0 aliphatic carbocycles. The molecule has 3 rings (SSSR count). The Morgan fingerprint density at radius 2 is 1.93 bits per heavy atom. The molecule has 144 valence electrons. The monoisotopic (exact) mass is 372 g/mol. The van der Waals surface area contributed by atoms with Crippen LogP contribution in [0.15, 0.2) is 36.7 Å². The predicted octanol–water partition coefficient (Wildman–Crippen LogP) is 2.47. The van der Waals surface area contributed by atoms with Crippen molar-refractivity contribution in [1.82, 2.24) is 20.2 Å². The molecule has 2 amide bonds. The largest absolute Gasteiger partial charge is 0.367 e. The van der Waals surface area contributed by atoms with Crippen LogP contribution in [0.25, 0.3) is 0 Å². The number of nitrogens with zero attached hydrogens (tertiary/aromatic N) is 4. The van der Waals surface area contributed by atoms with E-state index in [-0.39, 0.29) is 17.9 Å². The van der Waals surface area contributed by atoms with Gasteiger partial charge in [0.25, 0.3) is 0 Å². The molecular formula is C19H25FN6O. The van der Waals surface area contributed by atoms with Crippen LogP contribution < -0.4 is 15.5 Å². The number of anilines is 2. The van der Waals surface area contributed by atoms with Gasteiger partial charge in [0.2, 0.25) is 0 Å². The van der Waals surface area contributed by atoms with Gasteiger partial charge in [-0.2, -0.15) is 0 Å². The van der Waals surface area contributed by atoms with Crippen molar-refractivity contribution in [3.05, 3.63) is 48.0 Å². The Kier molecular flexibility index (Phi) is 6.05. The first-order valence-electron chi connectivity index (χ1n) is 9.04. The van der Waals surface area contributed by atoms with Crippen molar-refractivity contribution in [2.75, 3.05) is 37.4 Å². The highest BCUT2D eigenvalue weighted by Crippen LogP contribution is 2.17. The minimum atomic E-state index is -0.277. The van der Waals surface area contributed by atoms with Gasteiger partial charge in [0.15, 0.2) is 0 Å². The molecule has 1 saturated heterocycles. The number of carbonyl (C=O) groups excluding carboxylic acids is 1. The molecule has 1 aliphatic heterocycles. The first-order valence-corrected chi connectivity index (χ1v) is 9.04. The highest BCUT2D eigenvalue weighted by molar-refractivity contribution is 5.74. The molecule has 0 bridgehead atoms. The number of hydrogen-bond donors (Lipinski definition) is 2. The second kappa shape index (κ2) is 8.66. The van der Waals surface area contributed by atoms with Crippen LogP contribution in [0.3, 0.4) is 0 Å². The third kappa shape index (κ3) is 5.29. The average molecular weight is 372 g/mol. The molecule has 7 nitrogen and oxygen atoms in total. The van der Waals surface area contributed by atoms with Gasteiger partial charge in [-0.05, 0) is 30.5 Å². The van der Waals surface area contributed by atoms with Crippen LogP contribution in [0.5, 0.6) is 0 Å². The van der Waals surface area contributed by atoms with E-state index in [1.807, 2.05) is 30.0 Å². The summed E-state index contributed by atoms with van der Waals surface area (Å²) in [4.78, 5) is 24.5. The molecular weight excluding hydrogens is 347 g/mol. The second-order valence-corrected chi connectivity index (χ2v) is 6.85. The number of likely N-dealkylation sites (tertiary alicyclic amines) is 1. The van der Waals surface area contributed by atoms with Crippen molar-refractivity contribution in [3.63, 3.8) is 0 Å². The molecule has 1 aromatic carbocycles. The van der Waals surface area contributed by atoms with Crippen LogP contribution in [-0.4, -0.2) is 54.1 Å². The van der Waals surface area contributed by atoms with Gasteiger partial charge in [-0.25, -0.2) is 19.2 Å². The number of urea groups is 1. The summed E-state index contributed by atoms with van der Waals surface area (Å²) < 4.78 is 12.9. The molecule has 2 heterocycles. The minimum absolute atomic E-state index is 0.0882. The lowest BCUT2D eigenvalue weighted by Crippen LogP contribution is -2.46. The number of amides is 2. The lowest BCUT2D eigenvalue weighted by molar-refractivity contribution is 0.183. The van der Waals surface area contributed by atoms with Crippen LogP contribution in [-0.2, 0) is 6.54 Å². The number of nitrogens with one attached hydrogen (secondary N) is 2. The maximum atomic E-state index is 12.9. The van der Waals surface area contributed by atoms with Crippen LogP contribution in [0, 0.1) is 5.82 Å². The summed E-state index contributed by atoms with van der Waals surface area (Å²) >= 11 is 0. The summed E-state index contributed by atoms with van der Waals surface area (Å²) in [7, 11) is 3.88. The van der Waals surface area contributed by atoms with Crippen LogP contribution >= 0.6 is 0 Å². The summed E-state index contributed by atoms with van der Waals surface area (Å²) in [5.74, 6) is 1.37. The zero-order chi connectivity index (χ0) is 19.2. The van der Waals surface area contributed by atoms with Gasteiger partial charge in [-0.3, -0.25) is 0 Å². The molecule has 0 unspecified atom stereocenters. The molecule has 27 heavy (non-hydrogen) atoms. The van der Waals surface area contributed by atoms with Gasteiger partial charge in [0.05, 0.1) is 0 Å². The number of halogens is 1. The van der Waals surface area contributed by atoms with E-state index in [4.69, 9.17) is 0 Å². The maximum absolute atomic E-state index is 12.9. The number of rotatable bonds is 5. The zero-order valence-corrected chi connectivity index (χ0v) is 15.7. The first-order chi connectivity index (χ1) is 13.0. The van der Waals surface area contributed by atoms with Crippen molar-refractivity contribution in [3.8, 4) is 0 Å². The highest BCUT2D eigenvalue weighted by atomic mass is 19.1. The van der Waals surface area contributed by atoms with E-state index in [9.17, 15) is 9.18 Å². The standard InChI is InChI=1S/C19H25FN6O/c1-25(2)18-11-17(22-13-23-18)24-16-7-9-26(10-8-16)19(27)21-12-14-3-5-15(20)6-4-14/h3-6,11,13,16H,7-10,12H2,1-2H3,(H,21,27)(H,22,23,24). The lowest BCUT2D eigenvalue weighted by Gasteiger charge is -2.32. The molecule has 8 heteroatoms. The van der Waals surface area contributed by atoms with Crippen LogP contribution in [0.1, 0.15) is 18.4 Å². The zero-order valence-electron chi connectivity index (χ0n) is 15.7. The smallest absolute Gasteiger partial charge is 0.317 e. The van der Waals surface area contributed by atoms with Crippen molar-refractivity contribution >= 4 is 17.7 Å². The molecule has 2 aromatic rings. The predicted molar refractivity (Wildman–Crippen MR) is 103 cm³/mol. The van der Waals surface area contributed by atoms with Crippen LogP contribution in [0.2, 0.25) is 0 Å². The van der Waals surface area contributed by atoms with Crippen molar-refractivity contribution in [2.45, 2.75) is 25.4 Å². The Labute approximate surface area is 158 Å². The molecule has 1 fully saturated rings. The maximum Gasteiger partial charge on any atom is 0.317 e. The highest BCUT2D eigenvalue weighted by Gasteiger charge is 2.22. The Morgan fingerprint density at radius 1 is 1.22 bits per heavy atom. The summed E-state index contributed by atoms with van der Waals surface area (Å²) in [6.07, 6.45) is 3.26. The van der Waals surface area contributed by atoms with Gasteiger partial charge in [-0.15, -0.1) is 0 Å². The summed E-state index contributed by atoms with van der Waals surface area (Å²) in [6, 6.07) is 8.25. The quantitative estimate of drug-likeness (QED) is 0.844. The van der Waals surface area contributed by atoms with E-state index < -0.39 is 0 Å².